The van der Waals surface area contributed by atoms with Crippen LogP contribution < -0.4 is 0 Å². The molecule has 0 aliphatic carbocycles. The first-order chi connectivity index (χ1) is 5.83. The predicted octanol–water partition coefficient (Wildman–Crippen LogP) is 1.87. The summed E-state index contributed by atoms with van der Waals surface area (Å²) in [6.45, 7) is 0. The Morgan fingerprint density at radius 1 is 1.33 bits per heavy atom. The molecular formula is C10H10O2. The molecule has 62 valence electrons. The van der Waals surface area contributed by atoms with Gasteiger partial charge >= 0.3 is 0 Å². The summed E-state index contributed by atoms with van der Waals surface area (Å²) >= 11 is 0. The molecule has 0 radical (unpaired) electrons. The number of hydrogen-bond donors (Lipinski definition) is 1. The quantitative estimate of drug-likeness (QED) is 0.544. The number of hydrogen-bond acceptors (Lipinski definition) is 2. The van der Waals surface area contributed by atoms with E-state index in [4.69, 9.17) is 5.11 Å². The number of aliphatic hydroxyl groups excluding tert-OH is 1. The van der Waals surface area contributed by atoms with Crippen molar-refractivity contribution in [2.24, 2.45) is 0 Å². The van der Waals surface area contributed by atoms with Crippen LogP contribution in [0.15, 0.2) is 42.7 Å². The molecule has 0 spiro atoms. The van der Waals surface area contributed by atoms with Gasteiger partial charge in [-0.05, 0) is 5.56 Å². The van der Waals surface area contributed by atoms with Gasteiger partial charge in [0.1, 0.15) is 0 Å². The maximum Gasteiger partial charge on any atom is 0.163 e. The Bertz CT molecular complexity index is 275. The maximum absolute atomic E-state index is 11.0. The zero-order valence-corrected chi connectivity index (χ0v) is 6.60. The first-order valence-corrected chi connectivity index (χ1v) is 3.70. The Kier molecular flexibility index (Phi) is 3.08. The summed E-state index contributed by atoms with van der Waals surface area (Å²) in [5.74, 6) is -0.0938. The van der Waals surface area contributed by atoms with E-state index in [2.05, 4.69) is 0 Å². The van der Waals surface area contributed by atoms with E-state index >= 15 is 0 Å². The molecule has 1 aromatic rings. The van der Waals surface area contributed by atoms with Gasteiger partial charge in [-0.25, -0.2) is 0 Å². The average Bonchev–Trinajstić information content (AvgIpc) is 2.06. The molecule has 2 nitrogen and oxygen atoms in total. The van der Waals surface area contributed by atoms with Gasteiger partial charge in [0.2, 0.25) is 0 Å². The van der Waals surface area contributed by atoms with Crippen LogP contribution in [-0.4, -0.2) is 10.9 Å². The summed E-state index contributed by atoms with van der Waals surface area (Å²) < 4.78 is 0. The van der Waals surface area contributed by atoms with Crippen LogP contribution in [0.4, 0.5) is 0 Å². The summed E-state index contributed by atoms with van der Waals surface area (Å²) in [7, 11) is 0. The van der Waals surface area contributed by atoms with Crippen molar-refractivity contribution in [3.05, 3.63) is 48.2 Å². The molecule has 0 aliphatic heterocycles. The lowest BCUT2D eigenvalue weighted by Crippen LogP contribution is -1.97. The monoisotopic (exact) mass is 162 g/mol. The highest BCUT2D eigenvalue weighted by molar-refractivity contribution is 5.91. The fourth-order valence-electron chi connectivity index (χ4n) is 0.939. The normalized spacial score (nSPS) is 10.3. The molecule has 0 atom stereocenters. The minimum Gasteiger partial charge on any atom is -0.515 e. The predicted molar refractivity (Wildman–Crippen MR) is 46.9 cm³/mol. The van der Waals surface area contributed by atoms with Crippen LogP contribution in [-0.2, 0) is 11.2 Å². The maximum atomic E-state index is 11.0. The molecule has 0 amide bonds. The van der Waals surface area contributed by atoms with Gasteiger partial charge in [-0.2, -0.15) is 0 Å². The number of carbonyl (C=O) groups is 1. The fourth-order valence-corrected chi connectivity index (χ4v) is 0.939. The summed E-state index contributed by atoms with van der Waals surface area (Å²) in [5, 5.41) is 8.31. The molecule has 0 bridgehead atoms. The Hall–Kier alpha value is -1.57. The van der Waals surface area contributed by atoms with Crippen LogP contribution >= 0.6 is 0 Å². The molecule has 1 N–H and O–H groups in total. The number of ketones is 1. The first kappa shape index (κ1) is 8.53. The Morgan fingerprint density at radius 2 is 2.00 bits per heavy atom. The number of benzene rings is 1. The van der Waals surface area contributed by atoms with E-state index in [1.807, 2.05) is 30.3 Å². The molecular weight excluding hydrogens is 152 g/mol. The molecule has 0 fully saturated rings. The highest BCUT2D eigenvalue weighted by atomic mass is 16.2. The van der Waals surface area contributed by atoms with Crippen LogP contribution in [0.5, 0.6) is 0 Å². The molecule has 2 heteroatoms. The molecule has 0 aliphatic rings. The third kappa shape index (κ3) is 2.58. The number of rotatable bonds is 3. The molecule has 12 heavy (non-hydrogen) atoms. The van der Waals surface area contributed by atoms with Crippen molar-refractivity contribution in [3.8, 4) is 0 Å². The first-order valence-electron chi connectivity index (χ1n) is 3.70. The molecule has 0 heterocycles. The Balaban J connectivity index is 2.59. The molecule has 1 aromatic carbocycles. The van der Waals surface area contributed by atoms with E-state index in [0.29, 0.717) is 6.42 Å². The van der Waals surface area contributed by atoms with Crippen molar-refractivity contribution in [1.82, 2.24) is 0 Å². The lowest BCUT2D eigenvalue weighted by molar-refractivity contribution is -0.114. The fraction of sp³-hybridized carbons (Fsp3) is 0.100. The van der Waals surface area contributed by atoms with Crippen molar-refractivity contribution in [2.45, 2.75) is 6.42 Å². The highest BCUT2D eigenvalue weighted by Crippen LogP contribution is 2.00. The van der Waals surface area contributed by atoms with Gasteiger partial charge in [0.15, 0.2) is 5.78 Å². The Labute approximate surface area is 71.2 Å². The second-order valence-electron chi connectivity index (χ2n) is 2.44. The van der Waals surface area contributed by atoms with Crippen LogP contribution in [0.2, 0.25) is 0 Å². The largest absolute Gasteiger partial charge is 0.515 e. The lowest BCUT2D eigenvalue weighted by Gasteiger charge is -1.94. The van der Waals surface area contributed by atoms with E-state index < -0.39 is 0 Å². The van der Waals surface area contributed by atoms with Crippen LogP contribution in [0.1, 0.15) is 5.56 Å². The summed E-state index contributed by atoms with van der Waals surface area (Å²) in [6.07, 6.45) is 2.27. The molecule has 1 rings (SSSR count). The van der Waals surface area contributed by atoms with Gasteiger partial charge in [0, 0.05) is 12.5 Å². The number of carbonyl (C=O) groups excluding carboxylic acids is 1. The SMILES string of the molecule is O=C(C=CO)Cc1ccccc1. The molecule has 0 saturated carbocycles. The minimum atomic E-state index is -0.0938. The molecule has 0 saturated heterocycles. The Morgan fingerprint density at radius 3 is 2.58 bits per heavy atom. The third-order valence-corrected chi connectivity index (χ3v) is 1.48. The molecule has 0 unspecified atom stereocenters. The van der Waals surface area contributed by atoms with Crippen molar-refractivity contribution >= 4 is 5.78 Å². The third-order valence-electron chi connectivity index (χ3n) is 1.48. The van der Waals surface area contributed by atoms with Crippen molar-refractivity contribution < 1.29 is 9.90 Å². The van der Waals surface area contributed by atoms with E-state index in [1.165, 1.54) is 0 Å². The van der Waals surface area contributed by atoms with Crippen LogP contribution in [0, 0.1) is 0 Å². The smallest absolute Gasteiger partial charge is 0.163 e. The van der Waals surface area contributed by atoms with Crippen LogP contribution in [0.25, 0.3) is 0 Å². The van der Waals surface area contributed by atoms with Crippen molar-refractivity contribution in [2.75, 3.05) is 0 Å². The van der Waals surface area contributed by atoms with Gasteiger partial charge in [0.05, 0.1) is 6.26 Å². The lowest BCUT2D eigenvalue weighted by atomic mass is 10.1. The van der Waals surface area contributed by atoms with E-state index in [0.717, 1.165) is 17.9 Å². The number of allylic oxidation sites excluding steroid dienone is 1. The van der Waals surface area contributed by atoms with Gasteiger partial charge in [-0.3, -0.25) is 4.79 Å². The second-order valence-corrected chi connectivity index (χ2v) is 2.44. The minimum absolute atomic E-state index is 0.0938. The average molecular weight is 162 g/mol. The topological polar surface area (TPSA) is 37.3 Å². The standard InChI is InChI=1S/C10H10O2/c11-7-6-10(12)8-9-4-2-1-3-5-9/h1-7,11H,8H2. The van der Waals surface area contributed by atoms with Gasteiger partial charge < -0.3 is 5.11 Å². The van der Waals surface area contributed by atoms with Gasteiger partial charge in [0.25, 0.3) is 0 Å². The van der Waals surface area contributed by atoms with E-state index in [9.17, 15) is 4.79 Å². The summed E-state index contributed by atoms with van der Waals surface area (Å²) in [6, 6.07) is 9.42. The van der Waals surface area contributed by atoms with E-state index in [-0.39, 0.29) is 5.78 Å². The zero-order valence-electron chi connectivity index (χ0n) is 6.60. The second kappa shape index (κ2) is 4.34. The highest BCUT2D eigenvalue weighted by Gasteiger charge is 1.97. The summed E-state index contributed by atoms with van der Waals surface area (Å²) in [5.41, 5.74) is 0.959. The van der Waals surface area contributed by atoms with Gasteiger partial charge in [-0.15, -0.1) is 0 Å². The van der Waals surface area contributed by atoms with E-state index in [1.54, 1.807) is 0 Å². The van der Waals surface area contributed by atoms with Crippen LogP contribution in [0.3, 0.4) is 0 Å². The van der Waals surface area contributed by atoms with Crippen molar-refractivity contribution in [3.63, 3.8) is 0 Å². The molecule has 0 aromatic heterocycles. The number of aliphatic hydroxyl groups is 1. The van der Waals surface area contributed by atoms with Gasteiger partial charge in [-0.1, -0.05) is 30.3 Å². The summed E-state index contributed by atoms with van der Waals surface area (Å²) in [4.78, 5) is 11.0. The zero-order chi connectivity index (χ0) is 8.81. The van der Waals surface area contributed by atoms with Crippen molar-refractivity contribution in [1.29, 1.82) is 0 Å².